The first-order chi connectivity index (χ1) is 6.86. The molecule has 0 unspecified atom stereocenters. The molecule has 3 heteroatoms. The highest BCUT2D eigenvalue weighted by molar-refractivity contribution is 5.55. The number of nitrogens with one attached hydrogen (secondary N) is 1. The fourth-order valence-corrected chi connectivity index (χ4v) is 1.83. The van der Waals surface area contributed by atoms with Crippen LogP contribution in [0.2, 0.25) is 0 Å². The van der Waals surface area contributed by atoms with Gasteiger partial charge in [0.15, 0.2) is 0 Å². The second kappa shape index (κ2) is 4.33. The quantitative estimate of drug-likeness (QED) is 0.652. The molecule has 0 radical (unpaired) electrons. The lowest BCUT2D eigenvalue weighted by Gasteiger charge is -2.22. The monoisotopic (exact) mass is 191 g/mol. The molecular formula is C11H17N3. The van der Waals surface area contributed by atoms with Crippen molar-refractivity contribution < 1.29 is 0 Å². The van der Waals surface area contributed by atoms with Gasteiger partial charge in [-0.05, 0) is 31.2 Å². The molecule has 1 heterocycles. The van der Waals surface area contributed by atoms with Crippen LogP contribution in [0.15, 0.2) is 24.3 Å². The van der Waals surface area contributed by atoms with Crippen molar-refractivity contribution in [2.75, 3.05) is 36.8 Å². The second-order valence-corrected chi connectivity index (χ2v) is 3.69. The molecule has 1 aliphatic heterocycles. The Hall–Kier alpha value is -1.22. The highest BCUT2D eigenvalue weighted by Crippen LogP contribution is 2.17. The maximum Gasteiger partial charge on any atom is 0.0387 e. The van der Waals surface area contributed by atoms with E-state index in [1.54, 1.807) is 0 Å². The van der Waals surface area contributed by atoms with Gasteiger partial charge in [0.25, 0.3) is 0 Å². The lowest BCUT2D eigenvalue weighted by Crippen LogP contribution is -2.27. The van der Waals surface area contributed by atoms with Crippen LogP contribution in [-0.2, 0) is 0 Å². The number of nitrogens with two attached hydrogens (primary N) is 1. The Labute approximate surface area is 84.9 Å². The summed E-state index contributed by atoms with van der Waals surface area (Å²) in [7, 11) is 0. The number of hydrogen-bond acceptors (Lipinski definition) is 3. The van der Waals surface area contributed by atoms with Crippen LogP contribution in [0.3, 0.4) is 0 Å². The third-order valence-corrected chi connectivity index (χ3v) is 2.58. The van der Waals surface area contributed by atoms with Crippen LogP contribution in [0.5, 0.6) is 0 Å². The van der Waals surface area contributed by atoms with Crippen molar-refractivity contribution in [2.24, 2.45) is 0 Å². The molecule has 0 aliphatic carbocycles. The van der Waals surface area contributed by atoms with Crippen LogP contribution in [-0.4, -0.2) is 26.2 Å². The summed E-state index contributed by atoms with van der Waals surface area (Å²) in [4.78, 5) is 2.39. The molecule has 1 aromatic carbocycles. The molecule has 0 amide bonds. The van der Waals surface area contributed by atoms with Crippen LogP contribution in [0.25, 0.3) is 0 Å². The third-order valence-electron chi connectivity index (χ3n) is 2.58. The van der Waals surface area contributed by atoms with Gasteiger partial charge in [-0.15, -0.1) is 0 Å². The fraction of sp³-hybridized carbons (Fsp3) is 0.455. The minimum absolute atomic E-state index is 0.847. The number of anilines is 2. The lowest BCUT2D eigenvalue weighted by atomic mass is 10.2. The zero-order valence-electron chi connectivity index (χ0n) is 8.37. The zero-order valence-corrected chi connectivity index (χ0v) is 8.37. The second-order valence-electron chi connectivity index (χ2n) is 3.69. The Kier molecular flexibility index (Phi) is 2.89. The van der Waals surface area contributed by atoms with Crippen LogP contribution in [0.4, 0.5) is 11.4 Å². The van der Waals surface area contributed by atoms with Crippen LogP contribution in [0, 0.1) is 0 Å². The minimum Gasteiger partial charge on any atom is -0.399 e. The van der Waals surface area contributed by atoms with E-state index in [0.717, 1.165) is 31.9 Å². The van der Waals surface area contributed by atoms with E-state index in [2.05, 4.69) is 16.3 Å². The predicted octanol–water partition coefficient (Wildman–Crippen LogP) is 1.07. The number of hydrogen-bond donors (Lipinski definition) is 2. The molecular weight excluding hydrogens is 174 g/mol. The maximum absolute atomic E-state index is 5.76. The van der Waals surface area contributed by atoms with E-state index in [4.69, 9.17) is 5.73 Å². The van der Waals surface area contributed by atoms with Gasteiger partial charge in [0, 0.05) is 31.0 Å². The van der Waals surface area contributed by atoms with Crippen LogP contribution >= 0.6 is 0 Å². The maximum atomic E-state index is 5.76. The Bertz CT molecular complexity index is 290. The van der Waals surface area contributed by atoms with Gasteiger partial charge in [-0.1, -0.05) is 6.07 Å². The SMILES string of the molecule is Nc1cccc(N2CCCNCC2)c1. The molecule has 3 nitrogen and oxygen atoms in total. The molecule has 2 rings (SSSR count). The van der Waals surface area contributed by atoms with E-state index in [1.807, 2.05) is 18.2 Å². The number of nitrogens with zero attached hydrogens (tertiary/aromatic N) is 1. The van der Waals surface area contributed by atoms with E-state index in [9.17, 15) is 0 Å². The average Bonchev–Trinajstić information content (AvgIpc) is 2.45. The van der Waals surface area contributed by atoms with Gasteiger partial charge in [-0.25, -0.2) is 0 Å². The van der Waals surface area contributed by atoms with Crippen molar-refractivity contribution in [2.45, 2.75) is 6.42 Å². The van der Waals surface area contributed by atoms with Gasteiger partial charge in [0.2, 0.25) is 0 Å². The Morgan fingerprint density at radius 2 is 2.14 bits per heavy atom. The highest BCUT2D eigenvalue weighted by Gasteiger charge is 2.08. The molecule has 76 valence electrons. The number of benzene rings is 1. The highest BCUT2D eigenvalue weighted by atomic mass is 15.2. The molecule has 1 fully saturated rings. The Morgan fingerprint density at radius 3 is 3.00 bits per heavy atom. The summed E-state index contributed by atoms with van der Waals surface area (Å²) in [5, 5.41) is 3.39. The van der Waals surface area contributed by atoms with E-state index < -0.39 is 0 Å². The fourth-order valence-electron chi connectivity index (χ4n) is 1.83. The summed E-state index contributed by atoms with van der Waals surface area (Å²) in [6.07, 6.45) is 1.20. The van der Waals surface area contributed by atoms with Gasteiger partial charge in [0.1, 0.15) is 0 Å². The number of rotatable bonds is 1. The Morgan fingerprint density at radius 1 is 1.21 bits per heavy atom. The summed E-state index contributed by atoms with van der Waals surface area (Å²) in [5.41, 5.74) is 7.85. The molecule has 0 aromatic heterocycles. The molecule has 14 heavy (non-hydrogen) atoms. The summed E-state index contributed by atoms with van der Waals surface area (Å²) >= 11 is 0. The van der Waals surface area contributed by atoms with Gasteiger partial charge in [0.05, 0.1) is 0 Å². The largest absolute Gasteiger partial charge is 0.399 e. The summed E-state index contributed by atoms with van der Waals surface area (Å²) in [5.74, 6) is 0. The molecule has 3 N–H and O–H groups in total. The molecule has 0 saturated carbocycles. The summed E-state index contributed by atoms with van der Waals surface area (Å²) < 4.78 is 0. The Balaban J connectivity index is 2.12. The predicted molar refractivity (Wildman–Crippen MR) is 60.6 cm³/mol. The molecule has 0 spiro atoms. The first kappa shape index (κ1) is 9.34. The van der Waals surface area contributed by atoms with Crippen molar-refractivity contribution in [1.29, 1.82) is 0 Å². The van der Waals surface area contributed by atoms with Crippen molar-refractivity contribution in [3.63, 3.8) is 0 Å². The van der Waals surface area contributed by atoms with Crippen molar-refractivity contribution >= 4 is 11.4 Å². The van der Waals surface area contributed by atoms with E-state index in [-0.39, 0.29) is 0 Å². The number of nitrogen functional groups attached to an aromatic ring is 1. The van der Waals surface area contributed by atoms with Crippen molar-refractivity contribution in [1.82, 2.24) is 5.32 Å². The van der Waals surface area contributed by atoms with Gasteiger partial charge < -0.3 is 16.0 Å². The average molecular weight is 191 g/mol. The van der Waals surface area contributed by atoms with Gasteiger partial charge >= 0.3 is 0 Å². The molecule has 0 bridgehead atoms. The molecule has 1 aromatic rings. The van der Waals surface area contributed by atoms with E-state index >= 15 is 0 Å². The first-order valence-electron chi connectivity index (χ1n) is 5.17. The molecule has 0 atom stereocenters. The van der Waals surface area contributed by atoms with Crippen LogP contribution in [0.1, 0.15) is 6.42 Å². The van der Waals surface area contributed by atoms with Crippen molar-refractivity contribution in [3.8, 4) is 0 Å². The van der Waals surface area contributed by atoms with E-state index in [1.165, 1.54) is 12.1 Å². The zero-order chi connectivity index (χ0) is 9.80. The van der Waals surface area contributed by atoms with E-state index in [0.29, 0.717) is 0 Å². The van der Waals surface area contributed by atoms with Crippen molar-refractivity contribution in [3.05, 3.63) is 24.3 Å². The normalized spacial score (nSPS) is 17.9. The summed E-state index contributed by atoms with van der Waals surface area (Å²) in [6, 6.07) is 8.12. The smallest absolute Gasteiger partial charge is 0.0387 e. The summed E-state index contributed by atoms with van der Waals surface area (Å²) in [6.45, 7) is 4.38. The van der Waals surface area contributed by atoms with Gasteiger partial charge in [-0.3, -0.25) is 0 Å². The molecule has 1 saturated heterocycles. The van der Waals surface area contributed by atoms with Crippen LogP contribution < -0.4 is 16.0 Å². The standard InChI is InChI=1S/C11H17N3/c12-10-3-1-4-11(9-10)14-7-2-5-13-6-8-14/h1,3-4,9,13H,2,5-8,12H2. The minimum atomic E-state index is 0.847. The lowest BCUT2D eigenvalue weighted by molar-refractivity contribution is 0.724. The first-order valence-corrected chi connectivity index (χ1v) is 5.17. The topological polar surface area (TPSA) is 41.3 Å². The third kappa shape index (κ3) is 2.17. The molecule has 1 aliphatic rings. The van der Waals surface area contributed by atoms with Gasteiger partial charge in [-0.2, -0.15) is 0 Å².